The fraction of sp³-hybridized carbons (Fsp3) is 0.182. The van der Waals surface area contributed by atoms with Crippen molar-refractivity contribution >= 4 is 5.84 Å². The third kappa shape index (κ3) is 3.05. The Morgan fingerprint density at radius 2 is 1.90 bits per heavy atom. The first-order valence-electron chi connectivity index (χ1n) is 5.38. The molecule has 0 fully saturated rings. The minimum atomic E-state index is -4.38. The van der Waals surface area contributed by atoms with Crippen molar-refractivity contribution in [2.24, 2.45) is 0 Å². The number of aromatic hydroxyl groups is 1. The van der Waals surface area contributed by atoms with Crippen molar-refractivity contribution in [3.8, 4) is 5.88 Å². The summed E-state index contributed by atoms with van der Waals surface area (Å²) < 4.78 is 41.3. The van der Waals surface area contributed by atoms with Crippen LogP contribution in [0.4, 0.5) is 13.2 Å². The van der Waals surface area contributed by atoms with E-state index in [0.29, 0.717) is 5.56 Å². The number of hydrogen-bond acceptors (Lipinski definition) is 5. The van der Waals surface area contributed by atoms with Gasteiger partial charge < -0.3 is 10.4 Å². The van der Waals surface area contributed by atoms with Gasteiger partial charge in [0, 0.05) is 6.54 Å². The molecule has 0 aliphatic heterocycles. The Morgan fingerprint density at radius 1 is 1.25 bits per heavy atom. The summed E-state index contributed by atoms with van der Waals surface area (Å²) in [6.07, 6.45) is -4.38. The lowest BCUT2D eigenvalue weighted by Gasteiger charge is -2.08. The maximum atomic E-state index is 12.4. The summed E-state index contributed by atoms with van der Waals surface area (Å²) in [5.41, 5.74) is -0.370. The fourth-order valence-electron chi connectivity index (χ4n) is 1.43. The zero-order valence-electron chi connectivity index (χ0n) is 9.90. The van der Waals surface area contributed by atoms with Gasteiger partial charge in [0.05, 0.1) is 5.56 Å². The van der Waals surface area contributed by atoms with E-state index in [9.17, 15) is 18.3 Å². The van der Waals surface area contributed by atoms with E-state index in [1.54, 1.807) is 0 Å². The topological polar surface area (TPSA) is 95.0 Å². The molecule has 0 aliphatic rings. The molecule has 0 atom stereocenters. The van der Waals surface area contributed by atoms with Gasteiger partial charge in [-0.1, -0.05) is 12.1 Å². The molecule has 0 saturated carbocycles. The van der Waals surface area contributed by atoms with E-state index in [1.807, 2.05) is 0 Å². The Labute approximate surface area is 110 Å². The molecule has 9 heteroatoms. The molecule has 0 unspecified atom stereocenters. The number of amidine groups is 1. The minimum absolute atomic E-state index is 0.100. The standard InChI is InChI=1S/C11H9F3N4O2/c12-11(13,14)7-3-1-6(2-4-7)5-16-9(15)8-10(19)18-20-17-8/h1-4H,5H2,(H2,15,16)(H,18,19). The third-order valence-corrected chi connectivity index (χ3v) is 2.46. The lowest BCUT2D eigenvalue weighted by atomic mass is 10.1. The van der Waals surface area contributed by atoms with E-state index in [0.717, 1.165) is 12.1 Å². The highest BCUT2D eigenvalue weighted by atomic mass is 19.4. The quantitative estimate of drug-likeness (QED) is 0.591. The molecule has 1 heterocycles. The highest BCUT2D eigenvalue weighted by Gasteiger charge is 2.29. The smallest absolute Gasteiger partial charge is 0.416 e. The van der Waals surface area contributed by atoms with E-state index in [4.69, 9.17) is 5.41 Å². The number of aromatic nitrogens is 2. The molecule has 0 saturated heterocycles. The molecule has 0 amide bonds. The van der Waals surface area contributed by atoms with Gasteiger partial charge in [-0.3, -0.25) is 5.41 Å². The summed E-state index contributed by atoms with van der Waals surface area (Å²) in [6, 6.07) is 4.50. The largest absolute Gasteiger partial charge is 0.489 e. The Bertz CT molecular complexity index is 607. The fourth-order valence-corrected chi connectivity index (χ4v) is 1.43. The summed E-state index contributed by atoms with van der Waals surface area (Å²) in [4.78, 5) is 0. The predicted molar refractivity (Wildman–Crippen MR) is 61.1 cm³/mol. The first kappa shape index (κ1) is 13.8. The molecule has 20 heavy (non-hydrogen) atoms. The minimum Gasteiger partial charge on any atom is -0.489 e. The second-order valence-electron chi connectivity index (χ2n) is 3.86. The molecule has 0 bridgehead atoms. The van der Waals surface area contributed by atoms with Crippen molar-refractivity contribution in [2.75, 3.05) is 0 Å². The summed E-state index contributed by atoms with van der Waals surface area (Å²) in [6.45, 7) is 0.100. The number of hydrogen-bond donors (Lipinski definition) is 3. The zero-order chi connectivity index (χ0) is 14.8. The Hall–Kier alpha value is -2.58. The number of rotatable bonds is 3. The maximum Gasteiger partial charge on any atom is 0.416 e. The third-order valence-electron chi connectivity index (χ3n) is 2.46. The van der Waals surface area contributed by atoms with Crippen LogP contribution in [0.2, 0.25) is 0 Å². The Morgan fingerprint density at radius 3 is 2.40 bits per heavy atom. The van der Waals surface area contributed by atoms with Crippen molar-refractivity contribution in [1.82, 2.24) is 15.6 Å². The van der Waals surface area contributed by atoms with Crippen LogP contribution in [0.25, 0.3) is 0 Å². The first-order chi connectivity index (χ1) is 9.38. The van der Waals surface area contributed by atoms with Gasteiger partial charge in [-0.2, -0.15) is 13.2 Å². The molecule has 2 aromatic rings. The summed E-state index contributed by atoms with van der Waals surface area (Å²) in [5.74, 6) is -0.779. The van der Waals surface area contributed by atoms with Crippen molar-refractivity contribution in [3.63, 3.8) is 0 Å². The van der Waals surface area contributed by atoms with Crippen LogP contribution in [-0.4, -0.2) is 21.3 Å². The van der Waals surface area contributed by atoms with E-state index in [-0.39, 0.29) is 18.1 Å². The second-order valence-corrected chi connectivity index (χ2v) is 3.86. The normalized spacial score (nSPS) is 11.3. The summed E-state index contributed by atoms with van der Waals surface area (Å²) in [5, 5.41) is 25.7. The van der Waals surface area contributed by atoms with Crippen LogP contribution in [-0.2, 0) is 12.7 Å². The number of nitrogens with one attached hydrogen (secondary N) is 2. The summed E-state index contributed by atoms with van der Waals surface area (Å²) >= 11 is 0. The zero-order valence-corrected chi connectivity index (χ0v) is 9.90. The van der Waals surface area contributed by atoms with Crippen LogP contribution in [0, 0.1) is 5.41 Å². The molecule has 0 aliphatic carbocycles. The van der Waals surface area contributed by atoms with Crippen LogP contribution in [0.1, 0.15) is 16.8 Å². The Balaban J connectivity index is 1.98. The monoisotopic (exact) mass is 286 g/mol. The number of halogens is 3. The van der Waals surface area contributed by atoms with Crippen molar-refractivity contribution < 1.29 is 22.9 Å². The van der Waals surface area contributed by atoms with E-state index >= 15 is 0 Å². The molecular weight excluding hydrogens is 277 g/mol. The molecule has 2 rings (SSSR count). The molecule has 0 spiro atoms. The van der Waals surface area contributed by atoms with Gasteiger partial charge in [-0.25, -0.2) is 4.63 Å². The molecule has 0 radical (unpaired) electrons. The SMILES string of the molecule is N=C(NCc1ccc(C(F)(F)F)cc1)c1nonc1O. The number of alkyl halides is 3. The van der Waals surface area contributed by atoms with Gasteiger partial charge in [0.2, 0.25) is 5.69 Å². The average molecular weight is 286 g/mol. The van der Waals surface area contributed by atoms with Gasteiger partial charge in [0.1, 0.15) is 0 Å². The maximum absolute atomic E-state index is 12.4. The van der Waals surface area contributed by atoms with Crippen molar-refractivity contribution in [2.45, 2.75) is 12.7 Å². The van der Waals surface area contributed by atoms with Gasteiger partial charge in [0.15, 0.2) is 5.84 Å². The Kier molecular flexibility index (Phi) is 3.59. The highest BCUT2D eigenvalue weighted by Crippen LogP contribution is 2.29. The van der Waals surface area contributed by atoms with Gasteiger partial charge >= 0.3 is 6.18 Å². The van der Waals surface area contributed by atoms with Crippen LogP contribution in [0.5, 0.6) is 5.88 Å². The predicted octanol–water partition coefficient (Wildman–Crippen LogP) is 1.91. The first-order valence-corrected chi connectivity index (χ1v) is 5.38. The van der Waals surface area contributed by atoms with Crippen LogP contribution >= 0.6 is 0 Å². The molecule has 106 valence electrons. The number of benzene rings is 1. The molecular formula is C11H9F3N4O2. The summed E-state index contributed by atoms with van der Waals surface area (Å²) in [7, 11) is 0. The average Bonchev–Trinajstić information content (AvgIpc) is 2.82. The van der Waals surface area contributed by atoms with Gasteiger partial charge in [-0.15, -0.1) is 0 Å². The van der Waals surface area contributed by atoms with Gasteiger partial charge in [-0.05, 0) is 28.0 Å². The van der Waals surface area contributed by atoms with E-state index in [2.05, 4.69) is 20.3 Å². The van der Waals surface area contributed by atoms with E-state index in [1.165, 1.54) is 12.1 Å². The lowest BCUT2D eigenvalue weighted by Crippen LogP contribution is -2.23. The van der Waals surface area contributed by atoms with Crippen molar-refractivity contribution in [1.29, 1.82) is 5.41 Å². The number of nitrogens with zero attached hydrogens (tertiary/aromatic N) is 2. The van der Waals surface area contributed by atoms with E-state index < -0.39 is 17.6 Å². The molecule has 6 nitrogen and oxygen atoms in total. The lowest BCUT2D eigenvalue weighted by molar-refractivity contribution is -0.137. The second kappa shape index (κ2) is 5.19. The molecule has 1 aromatic carbocycles. The van der Waals surface area contributed by atoms with Crippen molar-refractivity contribution in [3.05, 3.63) is 41.1 Å². The van der Waals surface area contributed by atoms with Crippen LogP contribution in [0.15, 0.2) is 28.9 Å². The van der Waals surface area contributed by atoms with Crippen LogP contribution < -0.4 is 5.32 Å². The van der Waals surface area contributed by atoms with Crippen LogP contribution in [0.3, 0.4) is 0 Å². The highest BCUT2D eigenvalue weighted by molar-refractivity contribution is 5.96. The molecule has 3 N–H and O–H groups in total. The van der Waals surface area contributed by atoms with Gasteiger partial charge in [0.25, 0.3) is 5.88 Å². The molecule has 1 aromatic heterocycles.